The number of hydrogen-bond donors (Lipinski definition) is 1. The van der Waals surface area contributed by atoms with Crippen LogP contribution in [-0.4, -0.2) is 71.9 Å². The average molecular weight is 441 g/mol. The van der Waals surface area contributed by atoms with Crippen LogP contribution in [0.3, 0.4) is 0 Å². The van der Waals surface area contributed by atoms with E-state index in [0.717, 1.165) is 38.8 Å². The van der Waals surface area contributed by atoms with Crippen LogP contribution in [0.25, 0.3) is 0 Å². The Morgan fingerprint density at radius 3 is 2.28 bits per heavy atom. The molecule has 1 N–H and O–H groups in total. The number of piperidine rings is 2. The van der Waals surface area contributed by atoms with Crippen LogP contribution in [0.15, 0.2) is 24.3 Å². The first-order valence-corrected chi connectivity index (χ1v) is 12.5. The Bertz CT molecular complexity index is 869. The summed E-state index contributed by atoms with van der Waals surface area (Å²) < 4.78 is 0. The van der Waals surface area contributed by atoms with E-state index in [1.807, 2.05) is 0 Å². The summed E-state index contributed by atoms with van der Waals surface area (Å²) in [6.45, 7) is 4.03. The van der Waals surface area contributed by atoms with Gasteiger partial charge in [0.05, 0.1) is 6.04 Å². The van der Waals surface area contributed by atoms with Gasteiger partial charge in [0.25, 0.3) is 0 Å². The SMILES string of the molecule is CC(=O)N1C2CCC1CC(N1CCC3(CC[C@@H](NC(=O)N(C)C)c4ccccc43)CC1)C2.[HH]. The predicted octanol–water partition coefficient (Wildman–Crippen LogP) is 3.91. The molecule has 2 unspecified atom stereocenters. The van der Waals surface area contributed by atoms with Gasteiger partial charge < -0.3 is 20.0 Å². The van der Waals surface area contributed by atoms with Crippen molar-refractivity contribution in [1.82, 2.24) is 20.0 Å². The Balaban J connectivity index is 0.00000259. The maximum absolute atomic E-state index is 12.3. The molecule has 176 valence electrons. The van der Waals surface area contributed by atoms with Crippen LogP contribution >= 0.6 is 0 Å². The van der Waals surface area contributed by atoms with Crippen molar-refractivity contribution in [3.05, 3.63) is 35.4 Å². The van der Waals surface area contributed by atoms with Gasteiger partial charge in [0.2, 0.25) is 5.91 Å². The van der Waals surface area contributed by atoms with E-state index in [4.69, 9.17) is 0 Å². The van der Waals surface area contributed by atoms with Gasteiger partial charge in [-0.2, -0.15) is 0 Å². The molecule has 1 spiro atoms. The van der Waals surface area contributed by atoms with Crippen LogP contribution in [0.5, 0.6) is 0 Å². The molecule has 4 aliphatic rings. The molecule has 5 rings (SSSR count). The summed E-state index contributed by atoms with van der Waals surface area (Å²) >= 11 is 0. The molecule has 0 radical (unpaired) electrons. The highest BCUT2D eigenvalue weighted by Gasteiger charge is 2.47. The number of hydrogen-bond acceptors (Lipinski definition) is 3. The molecule has 3 atom stereocenters. The first-order chi connectivity index (χ1) is 15.4. The Labute approximate surface area is 193 Å². The third kappa shape index (κ3) is 3.70. The number of likely N-dealkylation sites (tertiary alicyclic amines) is 1. The highest BCUT2D eigenvalue weighted by molar-refractivity contribution is 5.75. The van der Waals surface area contributed by atoms with Crippen LogP contribution in [0, 0.1) is 0 Å². The van der Waals surface area contributed by atoms with Gasteiger partial charge >= 0.3 is 6.03 Å². The summed E-state index contributed by atoms with van der Waals surface area (Å²) in [6.07, 6.45) is 9.22. The molecule has 1 aromatic rings. The molecule has 3 heterocycles. The molecule has 3 amide bonds. The van der Waals surface area contributed by atoms with Crippen molar-refractivity contribution in [1.29, 1.82) is 0 Å². The maximum Gasteiger partial charge on any atom is 0.317 e. The second kappa shape index (κ2) is 8.36. The first kappa shape index (κ1) is 21.7. The molecule has 0 aromatic heterocycles. The number of amides is 3. The third-order valence-corrected chi connectivity index (χ3v) is 8.87. The van der Waals surface area contributed by atoms with Gasteiger partial charge in [0.1, 0.15) is 0 Å². The minimum absolute atomic E-state index is 0. The van der Waals surface area contributed by atoms with E-state index in [2.05, 4.69) is 39.4 Å². The summed E-state index contributed by atoms with van der Waals surface area (Å²) in [6, 6.07) is 10.5. The van der Waals surface area contributed by atoms with E-state index in [1.54, 1.807) is 25.9 Å². The quantitative estimate of drug-likeness (QED) is 0.759. The number of fused-ring (bicyclic) bond motifs is 4. The molecule has 6 heteroatoms. The van der Waals surface area contributed by atoms with Gasteiger partial charge in [-0.1, -0.05) is 24.3 Å². The smallest absolute Gasteiger partial charge is 0.317 e. The lowest BCUT2D eigenvalue weighted by atomic mass is 9.63. The van der Waals surface area contributed by atoms with E-state index in [-0.39, 0.29) is 24.8 Å². The van der Waals surface area contributed by atoms with Gasteiger partial charge in [-0.15, -0.1) is 0 Å². The molecule has 1 aliphatic carbocycles. The molecule has 3 aliphatic heterocycles. The monoisotopic (exact) mass is 440 g/mol. The molecule has 0 saturated carbocycles. The van der Waals surface area contributed by atoms with Crippen LogP contribution in [0.2, 0.25) is 0 Å². The zero-order valence-corrected chi connectivity index (χ0v) is 19.8. The van der Waals surface area contributed by atoms with Gasteiger partial charge in [-0.05, 0) is 81.0 Å². The Hall–Kier alpha value is -2.08. The summed E-state index contributed by atoms with van der Waals surface area (Å²) in [5.74, 6) is 0.267. The lowest BCUT2D eigenvalue weighted by Gasteiger charge is -2.50. The Morgan fingerprint density at radius 2 is 1.66 bits per heavy atom. The zero-order valence-electron chi connectivity index (χ0n) is 19.8. The van der Waals surface area contributed by atoms with Crippen molar-refractivity contribution >= 4 is 11.9 Å². The number of urea groups is 1. The van der Waals surface area contributed by atoms with Crippen LogP contribution < -0.4 is 5.32 Å². The van der Waals surface area contributed by atoms with Crippen molar-refractivity contribution in [3.63, 3.8) is 0 Å². The van der Waals surface area contributed by atoms with E-state index in [0.29, 0.717) is 18.1 Å². The van der Waals surface area contributed by atoms with Gasteiger partial charge in [-0.3, -0.25) is 4.79 Å². The number of nitrogens with one attached hydrogen (secondary N) is 1. The summed E-state index contributed by atoms with van der Waals surface area (Å²) in [4.78, 5) is 30.9. The van der Waals surface area contributed by atoms with E-state index in [9.17, 15) is 9.59 Å². The van der Waals surface area contributed by atoms with Gasteiger partial charge in [0, 0.05) is 40.6 Å². The molecule has 2 bridgehead atoms. The van der Waals surface area contributed by atoms with Gasteiger partial charge in [0.15, 0.2) is 0 Å². The van der Waals surface area contributed by atoms with Crippen molar-refractivity contribution in [2.75, 3.05) is 27.2 Å². The molecular weight excluding hydrogens is 400 g/mol. The summed E-state index contributed by atoms with van der Waals surface area (Å²) in [5, 5.41) is 3.23. The second-order valence-corrected chi connectivity index (χ2v) is 10.8. The highest BCUT2D eigenvalue weighted by atomic mass is 16.2. The zero-order chi connectivity index (χ0) is 22.5. The average Bonchev–Trinajstić information content (AvgIpc) is 3.06. The lowest BCUT2D eigenvalue weighted by molar-refractivity contribution is -0.134. The minimum atomic E-state index is -0.0119. The molecule has 6 nitrogen and oxygen atoms in total. The van der Waals surface area contributed by atoms with Crippen molar-refractivity contribution in [2.24, 2.45) is 0 Å². The number of carbonyl (C=O) groups is 2. The number of rotatable bonds is 2. The topological polar surface area (TPSA) is 55.9 Å². The lowest BCUT2D eigenvalue weighted by Crippen LogP contribution is -2.55. The Kier molecular flexibility index (Phi) is 5.68. The van der Waals surface area contributed by atoms with Crippen LogP contribution in [0.1, 0.15) is 76.9 Å². The predicted molar refractivity (Wildman–Crippen MR) is 128 cm³/mol. The third-order valence-electron chi connectivity index (χ3n) is 8.87. The first-order valence-electron chi connectivity index (χ1n) is 12.5. The number of nitrogens with zero attached hydrogens (tertiary/aromatic N) is 3. The second-order valence-electron chi connectivity index (χ2n) is 10.8. The fraction of sp³-hybridized carbons (Fsp3) is 0.692. The van der Waals surface area contributed by atoms with Crippen LogP contribution in [0.4, 0.5) is 4.79 Å². The van der Waals surface area contributed by atoms with Crippen molar-refractivity contribution < 1.29 is 11.0 Å². The normalized spacial score (nSPS) is 31.3. The van der Waals surface area contributed by atoms with Crippen LogP contribution in [-0.2, 0) is 10.2 Å². The van der Waals surface area contributed by atoms with Crippen molar-refractivity contribution in [3.8, 4) is 0 Å². The molecule has 1 aromatic carbocycles. The highest BCUT2D eigenvalue weighted by Crippen LogP contribution is 2.49. The summed E-state index contributed by atoms with van der Waals surface area (Å²) in [5.41, 5.74) is 3.02. The molecule has 3 fully saturated rings. The summed E-state index contributed by atoms with van der Waals surface area (Å²) in [7, 11) is 3.60. The standard InChI is InChI=1S/C26H38N4O2.H2/c1-18(31)30-19-8-9-20(30)17-21(16-19)29-14-12-26(13-15-29)11-10-24(27-25(32)28(2)3)22-6-4-5-7-23(22)26;/h4-7,19-21,24H,8-17H2,1-3H3,(H,27,32);1H/t19?,20?,21?,24-;/m1./s1. The number of carbonyl (C=O) groups excluding carboxylic acids is 2. The largest absolute Gasteiger partial charge is 0.337 e. The molecule has 3 saturated heterocycles. The van der Waals surface area contributed by atoms with Crippen molar-refractivity contribution in [2.45, 2.75) is 87.9 Å². The maximum atomic E-state index is 12.3. The number of benzene rings is 1. The van der Waals surface area contributed by atoms with E-state index < -0.39 is 0 Å². The van der Waals surface area contributed by atoms with Gasteiger partial charge in [-0.25, -0.2) is 4.79 Å². The molecule has 32 heavy (non-hydrogen) atoms. The fourth-order valence-corrected chi connectivity index (χ4v) is 7.22. The Morgan fingerprint density at radius 1 is 1.00 bits per heavy atom. The molecular formula is C26H40N4O2. The van der Waals surface area contributed by atoms with E-state index >= 15 is 0 Å². The minimum Gasteiger partial charge on any atom is -0.337 e. The fourth-order valence-electron chi connectivity index (χ4n) is 7.22. The van der Waals surface area contributed by atoms with E-state index in [1.165, 1.54) is 36.8 Å².